The van der Waals surface area contributed by atoms with Gasteiger partial charge in [0.15, 0.2) is 0 Å². The van der Waals surface area contributed by atoms with Crippen LogP contribution in [0.5, 0.6) is 17.4 Å². The highest BCUT2D eigenvalue weighted by Crippen LogP contribution is 2.31. The number of nitriles is 1. The molecular weight excluding hydrogens is 374 g/mol. The Morgan fingerprint density at radius 3 is 2.71 bits per heavy atom. The molecule has 0 aliphatic carbocycles. The molecular formula is C22H18ClN3O2. The Bertz CT molecular complexity index is 1000. The predicted octanol–water partition coefficient (Wildman–Crippen LogP) is 5.06. The van der Waals surface area contributed by atoms with Crippen molar-refractivity contribution >= 4 is 17.3 Å². The summed E-state index contributed by atoms with van der Waals surface area (Å²) >= 11 is 6.13. The zero-order chi connectivity index (χ0) is 19.3. The molecule has 1 atom stereocenters. The maximum Gasteiger partial charge on any atom is 0.232 e. The number of hydrogen-bond acceptors (Lipinski definition) is 5. The molecule has 1 aliphatic rings. The lowest BCUT2D eigenvalue weighted by Gasteiger charge is -2.20. The van der Waals surface area contributed by atoms with E-state index in [0.717, 1.165) is 24.4 Å². The van der Waals surface area contributed by atoms with Crippen LogP contribution in [0.25, 0.3) is 0 Å². The number of rotatable bonds is 5. The van der Waals surface area contributed by atoms with E-state index in [1.165, 1.54) is 0 Å². The summed E-state index contributed by atoms with van der Waals surface area (Å²) in [5.74, 6) is 1.82. The van der Waals surface area contributed by atoms with Crippen LogP contribution in [0.2, 0.25) is 5.02 Å². The Balaban J connectivity index is 1.47. The van der Waals surface area contributed by atoms with Gasteiger partial charge in [-0.2, -0.15) is 5.26 Å². The first kappa shape index (κ1) is 18.1. The maximum atomic E-state index is 9.62. The van der Waals surface area contributed by atoms with Crippen LogP contribution >= 0.6 is 11.6 Å². The summed E-state index contributed by atoms with van der Waals surface area (Å²) in [5.41, 5.74) is 1.45. The van der Waals surface area contributed by atoms with Crippen molar-refractivity contribution in [3.05, 3.63) is 77.4 Å². The number of ether oxygens (including phenoxy) is 2. The first-order valence-electron chi connectivity index (χ1n) is 9.02. The lowest BCUT2D eigenvalue weighted by atomic mass is 10.1. The minimum atomic E-state index is -0.0285. The third-order valence-corrected chi connectivity index (χ3v) is 4.84. The van der Waals surface area contributed by atoms with Crippen molar-refractivity contribution in [1.29, 1.82) is 5.26 Å². The molecule has 28 heavy (non-hydrogen) atoms. The van der Waals surface area contributed by atoms with Gasteiger partial charge in [0, 0.05) is 25.2 Å². The second-order valence-corrected chi connectivity index (χ2v) is 6.88. The highest BCUT2D eigenvalue weighted by molar-refractivity contribution is 6.31. The highest BCUT2D eigenvalue weighted by atomic mass is 35.5. The summed E-state index contributed by atoms with van der Waals surface area (Å²) < 4.78 is 11.8. The molecule has 0 radical (unpaired) electrons. The number of para-hydroxylation sites is 1. The number of aromatic nitrogens is 1. The molecule has 0 amide bonds. The Morgan fingerprint density at radius 2 is 1.93 bits per heavy atom. The first-order valence-corrected chi connectivity index (χ1v) is 9.40. The van der Waals surface area contributed by atoms with Crippen LogP contribution in [-0.2, 0) is 0 Å². The van der Waals surface area contributed by atoms with Crippen LogP contribution in [0.15, 0.2) is 66.9 Å². The second-order valence-electron chi connectivity index (χ2n) is 6.47. The Kier molecular flexibility index (Phi) is 5.31. The molecule has 1 fully saturated rings. The quantitative estimate of drug-likeness (QED) is 0.608. The normalized spacial score (nSPS) is 15.9. The Morgan fingerprint density at radius 1 is 1.07 bits per heavy atom. The molecule has 6 heteroatoms. The molecule has 1 aromatic heterocycles. The lowest BCUT2D eigenvalue weighted by Crippen LogP contribution is -2.25. The molecule has 2 heterocycles. The third-order valence-electron chi connectivity index (χ3n) is 4.56. The van der Waals surface area contributed by atoms with Gasteiger partial charge in [-0.1, -0.05) is 29.8 Å². The number of benzene rings is 2. The minimum absolute atomic E-state index is 0.0285. The van der Waals surface area contributed by atoms with Crippen LogP contribution < -0.4 is 14.4 Å². The van der Waals surface area contributed by atoms with Gasteiger partial charge in [0.05, 0.1) is 17.8 Å². The van der Waals surface area contributed by atoms with Crippen LogP contribution in [0.4, 0.5) is 5.69 Å². The SMILES string of the molecule is N#Cc1cc(Oc2ccccc2)ccc1N1CCC(Oc2ncccc2Cl)C1. The summed E-state index contributed by atoms with van der Waals surface area (Å²) in [6, 6.07) is 20.9. The predicted molar refractivity (Wildman–Crippen MR) is 108 cm³/mol. The van der Waals surface area contributed by atoms with Crippen LogP contribution in [0.3, 0.4) is 0 Å². The van der Waals surface area contributed by atoms with E-state index in [-0.39, 0.29) is 6.10 Å². The molecule has 1 unspecified atom stereocenters. The van der Waals surface area contributed by atoms with Gasteiger partial charge < -0.3 is 14.4 Å². The first-order chi connectivity index (χ1) is 13.7. The molecule has 1 aliphatic heterocycles. The van der Waals surface area contributed by atoms with Crippen LogP contribution in [-0.4, -0.2) is 24.2 Å². The topological polar surface area (TPSA) is 58.4 Å². The van der Waals surface area contributed by atoms with E-state index in [1.807, 2.05) is 42.5 Å². The molecule has 2 aromatic carbocycles. The van der Waals surface area contributed by atoms with Crippen LogP contribution in [0, 0.1) is 11.3 Å². The number of hydrogen-bond donors (Lipinski definition) is 0. The van der Waals surface area contributed by atoms with Crippen molar-refractivity contribution in [2.75, 3.05) is 18.0 Å². The van der Waals surface area contributed by atoms with E-state index in [9.17, 15) is 5.26 Å². The zero-order valence-corrected chi connectivity index (χ0v) is 15.8. The van der Waals surface area contributed by atoms with Crippen molar-refractivity contribution in [2.24, 2.45) is 0 Å². The summed E-state index contributed by atoms with van der Waals surface area (Å²) in [4.78, 5) is 6.33. The maximum absolute atomic E-state index is 9.62. The lowest BCUT2D eigenvalue weighted by molar-refractivity contribution is 0.216. The van der Waals surface area contributed by atoms with Gasteiger partial charge in [-0.25, -0.2) is 4.98 Å². The third kappa shape index (κ3) is 4.03. The van der Waals surface area contributed by atoms with E-state index in [4.69, 9.17) is 21.1 Å². The van der Waals surface area contributed by atoms with Gasteiger partial charge in [-0.3, -0.25) is 0 Å². The van der Waals surface area contributed by atoms with Gasteiger partial charge in [-0.15, -0.1) is 0 Å². The van der Waals surface area contributed by atoms with Gasteiger partial charge >= 0.3 is 0 Å². The smallest absolute Gasteiger partial charge is 0.232 e. The number of pyridine rings is 1. The van der Waals surface area contributed by atoms with E-state index >= 15 is 0 Å². The number of nitrogens with zero attached hydrogens (tertiary/aromatic N) is 3. The van der Waals surface area contributed by atoms with Crippen molar-refractivity contribution in [1.82, 2.24) is 4.98 Å². The molecule has 0 saturated carbocycles. The largest absolute Gasteiger partial charge is 0.471 e. The highest BCUT2D eigenvalue weighted by Gasteiger charge is 2.27. The zero-order valence-electron chi connectivity index (χ0n) is 15.1. The van der Waals surface area contributed by atoms with Crippen molar-refractivity contribution in [3.8, 4) is 23.4 Å². The number of halogens is 1. The molecule has 0 bridgehead atoms. The summed E-state index contributed by atoms with van der Waals surface area (Å²) in [6.45, 7) is 1.46. The monoisotopic (exact) mass is 391 g/mol. The summed E-state index contributed by atoms with van der Waals surface area (Å²) in [5, 5.41) is 10.1. The Hall–Kier alpha value is -3.23. The van der Waals surface area contributed by atoms with Crippen molar-refractivity contribution in [3.63, 3.8) is 0 Å². The van der Waals surface area contributed by atoms with E-state index < -0.39 is 0 Å². The number of anilines is 1. The van der Waals surface area contributed by atoms with E-state index in [2.05, 4.69) is 16.0 Å². The van der Waals surface area contributed by atoms with Crippen molar-refractivity contribution in [2.45, 2.75) is 12.5 Å². The summed E-state index contributed by atoms with van der Waals surface area (Å²) in [7, 11) is 0. The molecule has 140 valence electrons. The van der Waals surface area contributed by atoms with E-state index in [0.29, 0.717) is 28.8 Å². The molecule has 0 spiro atoms. The fourth-order valence-electron chi connectivity index (χ4n) is 3.23. The second kappa shape index (κ2) is 8.20. The van der Waals surface area contributed by atoms with Gasteiger partial charge in [0.25, 0.3) is 0 Å². The van der Waals surface area contributed by atoms with Gasteiger partial charge in [0.1, 0.15) is 28.7 Å². The molecule has 3 aromatic rings. The van der Waals surface area contributed by atoms with Gasteiger partial charge in [0.2, 0.25) is 5.88 Å². The van der Waals surface area contributed by atoms with Crippen molar-refractivity contribution < 1.29 is 9.47 Å². The molecule has 0 N–H and O–H groups in total. The van der Waals surface area contributed by atoms with E-state index in [1.54, 1.807) is 24.4 Å². The minimum Gasteiger partial charge on any atom is -0.471 e. The molecule has 4 rings (SSSR count). The fourth-order valence-corrected chi connectivity index (χ4v) is 3.39. The molecule has 1 saturated heterocycles. The molecule has 5 nitrogen and oxygen atoms in total. The Labute approximate surface area is 168 Å². The standard InChI is InChI=1S/C22H18ClN3O2/c23-20-7-4-11-25-22(20)28-19-10-12-26(15-19)21-9-8-18(13-16(21)14-24)27-17-5-2-1-3-6-17/h1-9,11,13,19H,10,12,15H2. The average Bonchev–Trinajstić information content (AvgIpc) is 3.19. The average molecular weight is 392 g/mol. The van der Waals surface area contributed by atoms with Gasteiger partial charge in [-0.05, 0) is 36.4 Å². The van der Waals surface area contributed by atoms with Crippen LogP contribution in [0.1, 0.15) is 12.0 Å². The summed E-state index contributed by atoms with van der Waals surface area (Å²) in [6.07, 6.45) is 2.46. The fraction of sp³-hybridized carbons (Fsp3) is 0.182.